The van der Waals surface area contributed by atoms with Crippen LogP contribution >= 0.6 is 11.6 Å². The quantitative estimate of drug-likeness (QED) is 0.918. The molecule has 2 nitrogen and oxygen atoms in total. The number of nitrogens with two attached hydrogens (primary N) is 1. The van der Waals surface area contributed by atoms with Crippen molar-refractivity contribution in [3.05, 3.63) is 58.6 Å². The van der Waals surface area contributed by atoms with Gasteiger partial charge in [0.2, 0.25) is 0 Å². The summed E-state index contributed by atoms with van der Waals surface area (Å²) in [5, 5.41) is 0.423. The molecule has 0 fully saturated rings. The van der Waals surface area contributed by atoms with E-state index in [2.05, 4.69) is 0 Å². The van der Waals surface area contributed by atoms with Crippen LogP contribution in [0.2, 0.25) is 5.02 Å². The average Bonchev–Trinajstić information content (AvgIpc) is 2.34. The number of rotatable bonds is 3. The van der Waals surface area contributed by atoms with Crippen LogP contribution in [0.3, 0.4) is 0 Å². The summed E-state index contributed by atoms with van der Waals surface area (Å²) < 4.78 is 31.5. The first kappa shape index (κ1) is 12.8. The highest BCUT2D eigenvalue weighted by Crippen LogP contribution is 2.28. The van der Waals surface area contributed by atoms with Crippen molar-refractivity contribution in [2.75, 3.05) is 0 Å². The molecular formula is C13H10ClF2NO. The highest BCUT2D eigenvalue weighted by atomic mass is 35.5. The molecule has 0 aliphatic carbocycles. The van der Waals surface area contributed by atoms with Gasteiger partial charge in [0.15, 0.2) is 11.6 Å². The molecule has 2 aromatic rings. The molecule has 0 unspecified atom stereocenters. The smallest absolute Gasteiger partial charge is 0.165 e. The molecule has 0 atom stereocenters. The monoisotopic (exact) mass is 269 g/mol. The minimum Gasteiger partial charge on any atom is -0.454 e. The molecule has 2 N–H and O–H groups in total. The molecule has 0 aromatic heterocycles. The van der Waals surface area contributed by atoms with E-state index in [4.69, 9.17) is 22.1 Å². The molecule has 0 aliphatic heterocycles. The van der Waals surface area contributed by atoms with E-state index in [0.717, 1.165) is 23.8 Å². The van der Waals surface area contributed by atoms with Crippen molar-refractivity contribution in [2.45, 2.75) is 6.54 Å². The van der Waals surface area contributed by atoms with Crippen LogP contribution in [0.15, 0.2) is 36.4 Å². The topological polar surface area (TPSA) is 35.2 Å². The Morgan fingerprint density at radius 2 is 1.89 bits per heavy atom. The summed E-state index contributed by atoms with van der Waals surface area (Å²) in [6.07, 6.45) is 0. The van der Waals surface area contributed by atoms with Crippen LogP contribution < -0.4 is 10.5 Å². The molecule has 0 heterocycles. The van der Waals surface area contributed by atoms with Crippen molar-refractivity contribution in [1.82, 2.24) is 0 Å². The van der Waals surface area contributed by atoms with Gasteiger partial charge in [-0.3, -0.25) is 0 Å². The molecule has 18 heavy (non-hydrogen) atoms. The van der Waals surface area contributed by atoms with Gasteiger partial charge in [0.25, 0.3) is 0 Å². The molecule has 0 aliphatic rings. The molecule has 0 saturated carbocycles. The Balaban J connectivity index is 2.28. The van der Waals surface area contributed by atoms with Crippen LogP contribution in [0, 0.1) is 11.6 Å². The molecular weight excluding hydrogens is 260 g/mol. The number of hydrogen-bond donors (Lipinski definition) is 1. The highest BCUT2D eigenvalue weighted by Gasteiger charge is 2.08. The van der Waals surface area contributed by atoms with Gasteiger partial charge in [-0.05, 0) is 29.8 Å². The number of halogens is 3. The Morgan fingerprint density at radius 3 is 2.56 bits per heavy atom. The minimum atomic E-state index is -0.643. The molecule has 0 spiro atoms. The lowest BCUT2D eigenvalue weighted by molar-refractivity contribution is 0.436. The molecule has 0 bridgehead atoms. The van der Waals surface area contributed by atoms with Crippen molar-refractivity contribution >= 4 is 11.6 Å². The minimum absolute atomic E-state index is 0.188. The van der Waals surface area contributed by atoms with Gasteiger partial charge in [0.1, 0.15) is 11.6 Å². The molecule has 2 aromatic carbocycles. The molecule has 0 amide bonds. The van der Waals surface area contributed by atoms with Gasteiger partial charge in [-0.1, -0.05) is 17.7 Å². The van der Waals surface area contributed by atoms with Crippen LogP contribution in [-0.2, 0) is 6.54 Å². The summed E-state index contributed by atoms with van der Waals surface area (Å²) in [6.45, 7) is 0.299. The molecule has 0 saturated heterocycles. The SMILES string of the molecule is NCc1ccc(Oc2cc(F)ccc2F)cc1Cl. The zero-order valence-corrected chi connectivity index (χ0v) is 10.0. The maximum Gasteiger partial charge on any atom is 0.165 e. The Hall–Kier alpha value is -1.65. The maximum absolute atomic E-state index is 13.4. The van der Waals surface area contributed by atoms with E-state index >= 15 is 0 Å². The first-order chi connectivity index (χ1) is 8.60. The van der Waals surface area contributed by atoms with Crippen molar-refractivity contribution in [3.63, 3.8) is 0 Å². The van der Waals surface area contributed by atoms with Crippen LogP contribution in [0.5, 0.6) is 11.5 Å². The summed E-state index contributed by atoms with van der Waals surface area (Å²) in [6, 6.07) is 7.77. The van der Waals surface area contributed by atoms with E-state index in [1.807, 2.05) is 0 Å². The van der Waals surface area contributed by atoms with E-state index in [1.165, 1.54) is 6.07 Å². The van der Waals surface area contributed by atoms with Crippen molar-refractivity contribution in [2.24, 2.45) is 5.73 Å². The van der Waals surface area contributed by atoms with Crippen LogP contribution in [0.4, 0.5) is 8.78 Å². The Morgan fingerprint density at radius 1 is 1.11 bits per heavy atom. The van der Waals surface area contributed by atoms with Crippen molar-refractivity contribution in [1.29, 1.82) is 0 Å². The van der Waals surface area contributed by atoms with Gasteiger partial charge in [-0.15, -0.1) is 0 Å². The van der Waals surface area contributed by atoms with Crippen LogP contribution in [0.1, 0.15) is 5.56 Å². The number of hydrogen-bond acceptors (Lipinski definition) is 2. The van der Waals surface area contributed by atoms with Crippen LogP contribution in [0.25, 0.3) is 0 Å². The second kappa shape index (κ2) is 5.33. The summed E-state index contributed by atoms with van der Waals surface area (Å²) in [5.41, 5.74) is 6.22. The van der Waals surface area contributed by atoms with Gasteiger partial charge in [-0.2, -0.15) is 0 Å². The van der Waals surface area contributed by atoms with Gasteiger partial charge >= 0.3 is 0 Å². The summed E-state index contributed by atoms with van der Waals surface area (Å²) in [7, 11) is 0. The standard InChI is InChI=1S/C13H10ClF2NO/c14-11-6-10(3-1-8(11)7-17)18-13-5-9(15)2-4-12(13)16/h1-6H,7,17H2. The zero-order valence-electron chi connectivity index (χ0n) is 9.29. The fourth-order valence-corrected chi connectivity index (χ4v) is 1.69. The van der Waals surface area contributed by atoms with E-state index in [9.17, 15) is 8.78 Å². The molecule has 94 valence electrons. The predicted molar refractivity (Wildman–Crippen MR) is 65.8 cm³/mol. The van der Waals surface area contributed by atoms with Gasteiger partial charge in [0, 0.05) is 17.6 Å². The number of ether oxygens (including phenoxy) is 1. The third-order valence-corrected chi connectivity index (χ3v) is 2.72. The lowest BCUT2D eigenvalue weighted by Crippen LogP contribution is -1.97. The average molecular weight is 270 g/mol. The van der Waals surface area contributed by atoms with E-state index in [-0.39, 0.29) is 5.75 Å². The fourth-order valence-electron chi connectivity index (χ4n) is 1.44. The Labute approximate surface area is 108 Å². The Bertz CT molecular complexity index is 575. The summed E-state index contributed by atoms with van der Waals surface area (Å²) in [4.78, 5) is 0. The van der Waals surface area contributed by atoms with Gasteiger partial charge < -0.3 is 10.5 Å². The fraction of sp³-hybridized carbons (Fsp3) is 0.0769. The Kier molecular flexibility index (Phi) is 3.79. The summed E-state index contributed by atoms with van der Waals surface area (Å²) >= 11 is 5.94. The van der Waals surface area contributed by atoms with E-state index in [0.29, 0.717) is 17.3 Å². The van der Waals surface area contributed by atoms with Crippen LogP contribution in [-0.4, -0.2) is 0 Å². The van der Waals surface area contributed by atoms with Gasteiger partial charge in [-0.25, -0.2) is 8.78 Å². The van der Waals surface area contributed by atoms with E-state index in [1.54, 1.807) is 12.1 Å². The second-order valence-corrected chi connectivity index (χ2v) is 4.04. The molecule has 2 rings (SSSR count). The van der Waals surface area contributed by atoms with Gasteiger partial charge in [0.05, 0.1) is 0 Å². The summed E-state index contributed by atoms with van der Waals surface area (Å²) in [5.74, 6) is -1.08. The first-order valence-corrected chi connectivity index (χ1v) is 5.59. The van der Waals surface area contributed by atoms with Crippen molar-refractivity contribution < 1.29 is 13.5 Å². The third-order valence-electron chi connectivity index (χ3n) is 2.37. The lowest BCUT2D eigenvalue weighted by Gasteiger charge is -2.08. The third kappa shape index (κ3) is 2.78. The predicted octanol–water partition coefficient (Wildman–Crippen LogP) is 3.87. The zero-order chi connectivity index (χ0) is 13.1. The first-order valence-electron chi connectivity index (χ1n) is 5.21. The normalized spacial score (nSPS) is 10.4. The number of benzene rings is 2. The molecule has 5 heteroatoms. The highest BCUT2D eigenvalue weighted by molar-refractivity contribution is 6.31. The molecule has 0 radical (unpaired) electrons. The lowest BCUT2D eigenvalue weighted by atomic mass is 10.2. The van der Waals surface area contributed by atoms with Crippen molar-refractivity contribution in [3.8, 4) is 11.5 Å². The second-order valence-electron chi connectivity index (χ2n) is 3.63. The van der Waals surface area contributed by atoms with E-state index < -0.39 is 11.6 Å². The largest absolute Gasteiger partial charge is 0.454 e. The maximum atomic E-state index is 13.4.